The van der Waals surface area contributed by atoms with E-state index < -0.39 is 23.1 Å². The average Bonchev–Trinajstić information content (AvgIpc) is 3.74. The minimum atomic E-state index is -0.669. The molecule has 12 heteroatoms. The molecule has 2 aliphatic carbocycles. The van der Waals surface area contributed by atoms with Crippen LogP contribution >= 0.6 is 22.7 Å². The van der Waals surface area contributed by atoms with Crippen molar-refractivity contribution in [1.29, 1.82) is 0 Å². The second-order valence-corrected chi connectivity index (χ2v) is 14.0. The summed E-state index contributed by atoms with van der Waals surface area (Å²) in [6.07, 6.45) is 6.04. The molecule has 246 valence electrons. The zero-order chi connectivity index (χ0) is 34.6. The number of Topliss-reactive ketones (excluding diaryl/α,β-unsaturated/α-hetero) is 2. The van der Waals surface area contributed by atoms with Gasteiger partial charge in [-0.05, 0) is 47.9 Å². The van der Waals surface area contributed by atoms with E-state index in [0.29, 0.717) is 43.7 Å². The van der Waals surface area contributed by atoms with Crippen molar-refractivity contribution in [3.8, 4) is 22.6 Å². The van der Waals surface area contributed by atoms with Gasteiger partial charge in [0.1, 0.15) is 11.5 Å². The molecule has 4 aromatic rings. The first-order chi connectivity index (χ1) is 22.8. The number of hydrogen-bond donors (Lipinski definition) is 6. The number of carbonyl (C=O) groups is 2. The van der Waals surface area contributed by atoms with Crippen LogP contribution in [0.4, 0.5) is 10.3 Å². The van der Waals surface area contributed by atoms with Gasteiger partial charge in [-0.15, -0.1) is 22.7 Å². The van der Waals surface area contributed by atoms with Gasteiger partial charge in [0.2, 0.25) is 11.6 Å². The van der Waals surface area contributed by atoms with E-state index in [9.17, 15) is 30.0 Å². The molecule has 2 aromatic carbocycles. The maximum Gasteiger partial charge on any atom is 0.229 e. The van der Waals surface area contributed by atoms with E-state index in [-0.39, 0.29) is 56.7 Å². The maximum absolute atomic E-state index is 13.7. The van der Waals surface area contributed by atoms with Gasteiger partial charge in [-0.1, -0.05) is 39.8 Å². The van der Waals surface area contributed by atoms with Crippen LogP contribution in [0.5, 0.6) is 11.5 Å². The number of aliphatic hydroxyl groups excluding tert-OH is 2. The van der Waals surface area contributed by atoms with Crippen LogP contribution in [-0.2, 0) is 9.59 Å². The fraction of sp³-hybridized carbons (Fsp3) is 0.222. The van der Waals surface area contributed by atoms with Gasteiger partial charge in [0, 0.05) is 69.0 Å². The van der Waals surface area contributed by atoms with E-state index in [1.165, 1.54) is 35.1 Å². The largest absolute Gasteiger partial charge is 0.507 e. The van der Waals surface area contributed by atoms with Crippen LogP contribution < -0.4 is 10.6 Å². The smallest absolute Gasteiger partial charge is 0.229 e. The van der Waals surface area contributed by atoms with Crippen LogP contribution in [0.3, 0.4) is 0 Å². The highest BCUT2D eigenvalue weighted by atomic mass is 32.1. The third kappa shape index (κ3) is 5.26. The highest BCUT2D eigenvalue weighted by Crippen LogP contribution is 2.53. The summed E-state index contributed by atoms with van der Waals surface area (Å²) in [5.74, 6) is -3.21. The Balaban J connectivity index is 1.64. The van der Waals surface area contributed by atoms with Crippen LogP contribution in [0.15, 0.2) is 59.2 Å². The van der Waals surface area contributed by atoms with Gasteiger partial charge >= 0.3 is 0 Å². The predicted molar refractivity (Wildman–Crippen MR) is 191 cm³/mol. The molecule has 0 spiro atoms. The molecule has 2 aromatic heterocycles. The molecule has 0 unspecified atom stereocenters. The molecule has 0 bridgehead atoms. The van der Waals surface area contributed by atoms with Crippen LogP contribution in [0.25, 0.3) is 33.4 Å². The molecule has 0 amide bonds. The Kier molecular flexibility index (Phi) is 8.48. The van der Waals surface area contributed by atoms with Gasteiger partial charge in [0.25, 0.3) is 0 Å². The van der Waals surface area contributed by atoms with Crippen molar-refractivity contribution in [2.45, 2.75) is 41.5 Å². The molecule has 0 radical (unpaired) electrons. The molecule has 48 heavy (non-hydrogen) atoms. The quantitative estimate of drug-likeness (QED) is 0.105. The lowest BCUT2D eigenvalue weighted by molar-refractivity contribution is -0.113. The van der Waals surface area contributed by atoms with Gasteiger partial charge in [0.15, 0.2) is 21.8 Å². The standard InChI is InChI=1S/C36H34N4O6S2/c1-15(2)23-19-11-17(5)25(31(43)27(19)21(29(41)33(23)45)13-39-35-37-7-9-47-35)26-18(6)12-20-24(16(3)4)34(46)30(42)22(28(20)32(26)44)14-40-36-38-8-10-48-36/h7-16,43-46H,1-6H3,(H,37,39)(H,38,40)/b21-13-,22-14-. The SMILES string of the molecule is Cc1cc2c(c(O)c1-c1c(C)cc3c(c1O)/C(=C/Nc1nccs1)C(=O)C(O)=C3C(C)C)/C(=C/Nc1nccs1)C(=O)C(O)=C2C(C)C. The number of nitrogens with one attached hydrogen (secondary N) is 2. The fourth-order valence-electron chi connectivity index (χ4n) is 6.49. The molecular weight excluding hydrogens is 649 g/mol. The Morgan fingerprint density at radius 1 is 0.646 bits per heavy atom. The van der Waals surface area contributed by atoms with E-state index in [1.807, 2.05) is 27.7 Å². The third-order valence-electron chi connectivity index (χ3n) is 8.49. The molecule has 2 aliphatic rings. The number of phenolic OH excluding ortho intramolecular Hbond substituents is 2. The van der Waals surface area contributed by atoms with Gasteiger partial charge in [-0.2, -0.15) is 0 Å². The second kappa shape index (κ2) is 12.4. The van der Waals surface area contributed by atoms with Crippen LogP contribution in [0, 0.1) is 25.7 Å². The number of hydrogen-bond acceptors (Lipinski definition) is 12. The Morgan fingerprint density at radius 2 is 1.02 bits per heavy atom. The summed E-state index contributed by atoms with van der Waals surface area (Å²) < 4.78 is 0. The fourth-order valence-corrected chi connectivity index (χ4v) is 7.48. The summed E-state index contributed by atoms with van der Waals surface area (Å²) in [6.45, 7) is 11.0. The molecule has 2 heterocycles. The number of allylic oxidation sites excluding steroid dienone is 4. The molecule has 6 N–H and O–H groups in total. The maximum atomic E-state index is 13.7. The lowest BCUT2D eigenvalue weighted by Gasteiger charge is -2.29. The van der Waals surface area contributed by atoms with Crippen molar-refractivity contribution >= 4 is 66.8 Å². The number of aromatic nitrogens is 2. The number of nitrogens with zero attached hydrogens (tertiary/aromatic N) is 2. The van der Waals surface area contributed by atoms with E-state index in [1.54, 1.807) is 49.1 Å². The number of aliphatic hydroxyl groups is 2. The zero-order valence-electron chi connectivity index (χ0n) is 27.1. The minimum Gasteiger partial charge on any atom is -0.507 e. The number of carbonyl (C=O) groups excluding carboxylic acids is 2. The Hall–Kier alpha value is -5.20. The van der Waals surface area contributed by atoms with E-state index in [0.717, 1.165) is 0 Å². The van der Waals surface area contributed by atoms with Crippen molar-refractivity contribution < 1.29 is 30.0 Å². The van der Waals surface area contributed by atoms with Crippen molar-refractivity contribution in [3.05, 3.63) is 92.6 Å². The summed E-state index contributed by atoms with van der Waals surface area (Å²) in [4.78, 5) is 35.7. The topological polar surface area (TPSA) is 165 Å². The number of benzene rings is 2. The first-order valence-corrected chi connectivity index (χ1v) is 17.0. The number of phenols is 2. The number of fused-ring (bicyclic) bond motifs is 2. The number of ketones is 2. The average molecular weight is 683 g/mol. The molecule has 0 atom stereocenters. The Morgan fingerprint density at radius 3 is 1.33 bits per heavy atom. The van der Waals surface area contributed by atoms with Gasteiger partial charge < -0.3 is 31.1 Å². The number of thiazole rings is 2. The van der Waals surface area contributed by atoms with Crippen LogP contribution in [0.1, 0.15) is 61.1 Å². The molecule has 10 nitrogen and oxygen atoms in total. The normalized spacial score (nSPS) is 16.4. The predicted octanol–water partition coefficient (Wildman–Crippen LogP) is 8.22. The van der Waals surface area contributed by atoms with Crippen molar-refractivity contribution in [2.75, 3.05) is 10.6 Å². The minimum absolute atomic E-state index is 0.0225. The monoisotopic (exact) mass is 682 g/mol. The second-order valence-electron chi connectivity index (χ2n) is 12.3. The van der Waals surface area contributed by atoms with E-state index in [4.69, 9.17) is 0 Å². The molecule has 0 saturated carbocycles. The first kappa shape index (κ1) is 32.7. The number of anilines is 2. The molecule has 0 aliphatic heterocycles. The van der Waals surface area contributed by atoms with Crippen molar-refractivity contribution in [3.63, 3.8) is 0 Å². The number of aryl methyl sites for hydroxylation is 2. The van der Waals surface area contributed by atoms with Crippen molar-refractivity contribution in [2.24, 2.45) is 11.8 Å². The summed E-state index contributed by atoms with van der Waals surface area (Å²) in [7, 11) is 0. The summed E-state index contributed by atoms with van der Waals surface area (Å²) >= 11 is 2.64. The lowest BCUT2D eigenvalue weighted by Crippen LogP contribution is -2.20. The molecular formula is C36H34N4O6S2. The highest BCUT2D eigenvalue weighted by molar-refractivity contribution is 7.13. The van der Waals surface area contributed by atoms with Crippen LogP contribution in [0.2, 0.25) is 0 Å². The van der Waals surface area contributed by atoms with Gasteiger partial charge in [-0.3, -0.25) is 9.59 Å². The third-order valence-corrected chi connectivity index (χ3v) is 9.90. The summed E-state index contributed by atoms with van der Waals surface area (Å²) in [6, 6.07) is 3.57. The zero-order valence-corrected chi connectivity index (χ0v) is 28.7. The number of rotatable bonds is 7. The molecule has 6 rings (SSSR count). The molecule has 0 fully saturated rings. The lowest BCUT2D eigenvalue weighted by atomic mass is 9.75. The van der Waals surface area contributed by atoms with E-state index >= 15 is 0 Å². The Labute approximate surface area is 285 Å². The van der Waals surface area contributed by atoms with Crippen molar-refractivity contribution in [1.82, 2.24) is 9.97 Å². The summed E-state index contributed by atoms with van der Waals surface area (Å²) in [5.41, 5.74) is 3.84. The first-order valence-electron chi connectivity index (χ1n) is 15.3. The van der Waals surface area contributed by atoms with Crippen LogP contribution in [-0.4, -0.2) is 42.0 Å². The van der Waals surface area contributed by atoms with Gasteiger partial charge in [-0.25, -0.2) is 9.97 Å². The van der Waals surface area contributed by atoms with Gasteiger partial charge in [0.05, 0.1) is 11.1 Å². The number of aromatic hydroxyl groups is 2. The summed E-state index contributed by atoms with van der Waals surface area (Å²) in [5, 5.41) is 57.1. The highest BCUT2D eigenvalue weighted by Gasteiger charge is 2.38. The van der Waals surface area contributed by atoms with E-state index in [2.05, 4.69) is 20.6 Å². The molecule has 0 saturated heterocycles. The Bertz CT molecular complexity index is 1970.